The second kappa shape index (κ2) is 4.28. The Bertz CT molecular complexity index is 321. The Morgan fingerprint density at radius 3 is 2.08 bits per heavy atom. The summed E-state index contributed by atoms with van der Waals surface area (Å²) < 4.78 is 0. The molecule has 0 fully saturated rings. The summed E-state index contributed by atoms with van der Waals surface area (Å²) in [6.07, 6.45) is 0. The zero-order valence-corrected chi connectivity index (χ0v) is 10.2. The van der Waals surface area contributed by atoms with Crippen molar-refractivity contribution >= 4 is 63.9 Å². The molecule has 0 bridgehead atoms. The van der Waals surface area contributed by atoms with Crippen LogP contribution in [0.25, 0.3) is 0 Å². The third kappa shape index (κ3) is 1.92. The lowest BCUT2D eigenvalue weighted by Gasteiger charge is -2.15. The molecule has 0 saturated carbocycles. The molecule has 1 aromatic carbocycles. The van der Waals surface area contributed by atoms with Gasteiger partial charge in [-0.3, -0.25) is 0 Å². The molecular formula is C8H9B2S3. The smallest absolute Gasteiger partial charge is 0.145 e. The van der Waals surface area contributed by atoms with Crippen LogP contribution in [-0.4, -0.2) is 15.1 Å². The molecule has 1 aromatic rings. The molecule has 0 spiro atoms. The fourth-order valence-corrected chi connectivity index (χ4v) is 2.35. The molecule has 0 atom stereocenters. The van der Waals surface area contributed by atoms with Crippen molar-refractivity contribution in [2.24, 2.45) is 0 Å². The van der Waals surface area contributed by atoms with E-state index in [2.05, 4.69) is 37.9 Å². The summed E-state index contributed by atoms with van der Waals surface area (Å²) in [5, 5.41) is 0. The summed E-state index contributed by atoms with van der Waals surface area (Å²) in [7, 11) is 7.77. The van der Waals surface area contributed by atoms with Crippen molar-refractivity contribution < 1.29 is 0 Å². The van der Waals surface area contributed by atoms with Gasteiger partial charge in [0, 0.05) is 9.79 Å². The van der Waals surface area contributed by atoms with Crippen LogP contribution in [0.5, 0.6) is 0 Å². The van der Waals surface area contributed by atoms with E-state index in [4.69, 9.17) is 7.85 Å². The second-order valence-corrected chi connectivity index (χ2v) is 4.13. The number of thiol groups is 3. The number of rotatable bonds is 1. The van der Waals surface area contributed by atoms with Crippen molar-refractivity contribution in [3.63, 3.8) is 0 Å². The van der Waals surface area contributed by atoms with Crippen molar-refractivity contribution in [3.8, 4) is 0 Å². The minimum Gasteiger partial charge on any atom is -0.145 e. The highest BCUT2D eigenvalue weighted by Crippen LogP contribution is 2.20. The van der Waals surface area contributed by atoms with Gasteiger partial charge in [0.05, 0.1) is 0 Å². The Labute approximate surface area is 97.8 Å². The Morgan fingerprint density at radius 1 is 1.08 bits per heavy atom. The molecular weight excluding hydrogens is 214 g/mol. The van der Waals surface area contributed by atoms with Crippen LogP contribution in [0, 0.1) is 6.92 Å². The molecule has 0 N–H and O–H groups in total. The maximum atomic E-state index is 5.82. The van der Waals surface area contributed by atoms with Crippen LogP contribution in [0.4, 0.5) is 0 Å². The van der Waals surface area contributed by atoms with E-state index in [-0.39, 0.29) is 0 Å². The normalized spacial score (nSPS) is 10.2. The van der Waals surface area contributed by atoms with Crippen LogP contribution in [-0.2, 0) is 0 Å². The Morgan fingerprint density at radius 2 is 1.62 bits per heavy atom. The number of benzene rings is 1. The van der Waals surface area contributed by atoms with Crippen LogP contribution in [0.2, 0.25) is 6.82 Å². The topological polar surface area (TPSA) is 0 Å². The zero-order chi connectivity index (χ0) is 10.2. The van der Waals surface area contributed by atoms with Crippen LogP contribution in [0.1, 0.15) is 5.56 Å². The monoisotopic (exact) mass is 223 g/mol. The first-order chi connectivity index (χ1) is 6.00. The molecule has 5 heteroatoms. The van der Waals surface area contributed by atoms with Gasteiger partial charge in [-0.05, 0) is 17.4 Å². The lowest BCUT2D eigenvalue weighted by molar-refractivity contribution is 1.21. The molecule has 0 aromatic heterocycles. The van der Waals surface area contributed by atoms with Crippen molar-refractivity contribution in [1.82, 2.24) is 0 Å². The molecule has 1 rings (SSSR count). The third-order valence-electron chi connectivity index (χ3n) is 2.02. The molecule has 0 unspecified atom stereocenters. The summed E-state index contributed by atoms with van der Waals surface area (Å²) in [5.74, 6) is 0. The quantitative estimate of drug-likeness (QED) is 0.459. The molecule has 0 saturated heterocycles. The van der Waals surface area contributed by atoms with Gasteiger partial charge in [0.15, 0.2) is 7.28 Å². The summed E-state index contributed by atoms with van der Waals surface area (Å²) in [5.41, 5.74) is 2.59. The molecule has 13 heavy (non-hydrogen) atoms. The van der Waals surface area contributed by atoms with E-state index in [0.29, 0.717) is 5.46 Å². The van der Waals surface area contributed by atoms with Crippen molar-refractivity contribution in [1.29, 1.82) is 0 Å². The largest absolute Gasteiger partial charge is 0.151 e. The Hall–Kier alpha value is 0.400. The summed E-state index contributed by atoms with van der Waals surface area (Å²) in [4.78, 5) is 2.41. The minimum absolute atomic E-state index is 0.620. The summed E-state index contributed by atoms with van der Waals surface area (Å²) in [6, 6.07) is 0. The van der Waals surface area contributed by atoms with Gasteiger partial charge < -0.3 is 0 Å². The Kier molecular flexibility index (Phi) is 3.78. The van der Waals surface area contributed by atoms with E-state index in [1.54, 1.807) is 0 Å². The van der Waals surface area contributed by atoms with E-state index < -0.39 is 0 Å². The molecule has 0 heterocycles. The minimum atomic E-state index is 0.620. The Balaban J connectivity index is 3.56. The van der Waals surface area contributed by atoms with E-state index in [1.165, 1.54) is 0 Å². The predicted octanol–water partition coefficient (Wildman–Crippen LogP) is 1.03. The van der Waals surface area contributed by atoms with Crippen molar-refractivity contribution in [3.05, 3.63) is 5.56 Å². The van der Waals surface area contributed by atoms with E-state index >= 15 is 0 Å². The fraction of sp³-hybridized carbons (Fsp3) is 0.250. The average molecular weight is 223 g/mol. The van der Waals surface area contributed by atoms with Crippen molar-refractivity contribution in [2.45, 2.75) is 28.4 Å². The van der Waals surface area contributed by atoms with Crippen LogP contribution in [0.15, 0.2) is 14.7 Å². The molecule has 0 aliphatic carbocycles. The van der Waals surface area contributed by atoms with E-state index in [9.17, 15) is 0 Å². The van der Waals surface area contributed by atoms with Gasteiger partial charge in [-0.2, -0.15) is 0 Å². The van der Waals surface area contributed by atoms with Gasteiger partial charge in [0.1, 0.15) is 7.85 Å². The van der Waals surface area contributed by atoms with Crippen LogP contribution < -0.4 is 10.9 Å². The lowest BCUT2D eigenvalue weighted by atomic mass is 9.70. The summed E-state index contributed by atoms with van der Waals surface area (Å²) >= 11 is 13.0. The lowest BCUT2D eigenvalue weighted by Crippen LogP contribution is -2.26. The van der Waals surface area contributed by atoms with Gasteiger partial charge in [-0.25, -0.2) is 0 Å². The van der Waals surface area contributed by atoms with E-state index in [0.717, 1.165) is 25.7 Å². The van der Waals surface area contributed by atoms with Gasteiger partial charge in [-0.1, -0.05) is 17.7 Å². The van der Waals surface area contributed by atoms with Crippen molar-refractivity contribution in [2.75, 3.05) is 0 Å². The predicted molar refractivity (Wildman–Crippen MR) is 69.6 cm³/mol. The third-order valence-corrected chi connectivity index (χ3v) is 3.65. The zero-order valence-electron chi connectivity index (χ0n) is 7.50. The SMILES string of the molecule is [B]c1c(S)c(C)c(S)c([B]C)c1S. The maximum absolute atomic E-state index is 5.82. The van der Waals surface area contributed by atoms with Gasteiger partial charge in [0.25, 0.3) is 0 Å². The standard InChI is InChI=1S/C8H9B2S3/c1-3-6(11)4(9)8(13)5(10-2)7(3)12/h11-13H,1-2H3. The highest BCUT2D eigenvalue weighted by molar-refractivity contribution is 7.82. The van der Waals surface area contributed by atoms with Crippen LogP contribution in [0.3, 0.4) is 0 Å². The van der Waals surface area contributed by atoms with Gasteiger partial charge in [-0.15, -0.1) is 37.9 Å². The molecule has 65 valence electrons. The molecule has 0 aliphatic heterocycles. The maximum Gasteiger partial charge on any atom is 0.151 e. The van der Waals surface area contributed by atoms with Crippen LogP contribution >= 0.6 is 37.9 Å². The first-order valence-electron chi connectivity index (χ1n) is 3.83. The molecule has 0 nitrogen and oxygen atoms in total. The summed E-state index contributed by atoms with van der Waals surface area (Å²) in [6.45, 7) is 3.88. The average Bonchev–Trinajstić information content (AvgIpc) is 2.13. The second-order valence-electron chi connectivity index (χ2n) is 2.79. The van der Waals surface area contributed by atoms with E-state index in [1.807, 2.05) is 21.0 Å². The van der Waals surface area contributed by atoms with Gasteiger partial charge in [0.2, 0.25) is 0 Å². The van der Waals surface area contributed by atoms with Gasteiger partial charge >= 0.3 is 0 Å². The highest BCUT2D eigenvalue weighted by Gasteiger charge is 2.11. The first kappa shape index (κ1) is 11.5. The fourth-order valence-electron chi connectivity index (χ4n) is 1.16. The number of hydrogen-bond donors (Lipinski definition) is 3. The molecule has 0 aliphatic rings. The highest BCUT2D eigenvalue weighted by atomic mass is 32.1. The molecule has 3 radical (unpaired) electrons. The first-order valence-corrected chi connectivity index (χ1v) is 5.17. The number of hydrogen-bond acceptors (Lipinski definition) is 3. The molecule has 0 amide bonds.